The van der Waals surface area contributed by atoms with Crippen molar-refractivity contribution in [3.05, 3.63) is 0 Å². The molecule has 1 aliphatic rings. The average Bonchev–Trinajstić information content (AvgIpc) is 2.64. The van der Waals surface area contributed by atoms with Gasteiger partial charge < -0.3 is 10.1 Å². The molecular weight excluding hydrogens is 154 g/mol. The van der Waals surface area contributed by atoms with Crippen molar-refractivity contribution in [2.45, 2.75) is 44.8 Å². The maximum atomic E-state index is 11.3. The smallest absolute Gasteiger partial charge is 0.252 e. The van der Waals surface area contributed by atoms with Gasteiger partial charge in [-0.25, -0.2) is 0 Å². The SMILES string of the molecule is CNC(=O)C1(OC(C)(C)C)CC1. The number of likely N-dealkylation sites (N-methyl/N-ethyl adjacent to an activating group) is 1. The lowest BCUT2D eigenvalue weighted by atomic mass is 10.1. The van der Waals surface area contributed by atoms with Gasteiger partial charge in [-0.15, -0.1) is 0 Å². The highest BCUT2D eigenvalue weighted by Gasteiger charge is 2.53. The minimum atomic E-state index is -0.507. The average molecular weight is 171 g/mol. The van der Waals surface area contributed by atoms with Crippen LogP contribution in [-0.2, 0) is 9.53 Å². The van der Waals surface area contributed by atoms with Crippen LogP contribution in [0.3, 0.4) is 0 Å². The second kappa shape index (κ2) is 2.73. The molecule has 0 unspecified atom stereocenters. The molecule has 1 N–H and O–H groups in total. The largest absolute Gasteiger partial charge is 0.360 e. The zero-order valence-electron chi connectivity index (χ0n) is 8.23. The van der Waals surface area contributed by atoms with Crippen molar-refractivity contribution >= 4 is 5.91 Å². The van der Waals surface area contributed by atoms with Gasteiger partial charge in [0.05, 0.1) is 5.60 Å². The molecule has 1 saturated carbocycles. The van der Waals surface area contributed by atoms with Crippen LogP contribution in [0.2, 0.25) is 0 Å². The highest BCUT2D eigenvalue weighted by atomic mass is 16.5. The standard InChI is InChI=1S/C9H17NO2/c1-8(2,3)12-9(5-6-9)7(11)10-4/h5-6H2,1-4H3,(H,10,11). The summed E-state index contributed by atoms with van der Waals surface area (Å²) in [6.07, 6.45) is 1.70. The molecule has 0 saturated heterocycles. The van der Waals surface area contributed by atoms with Crippen LogP contribution in [0.1, 0.15) is 33.6 Å². The Bertz CT molecular complexity index is 189. The molecule has 0 spiro atoms. The summed E-state index contributed by atoms with van der Waals surface area (Å²) in [7, 11) is 1.65. The number of nitrogens with one attached hydrogen (secondary N) is 1. The fraction of sp³-hybridized carbons (Fsp3) is 0.889. The Morgan fingerprint density at radius 1 is 1.42 bits per heavy atom. The van der Waals surface area contributed by atoms with E-state index in [9.17, 15) is 4.79 Å². The molecule has 1 rings (SSSR count). The van der Waals surface area contributed by atoms with Crippen LogP contribution in [0.5, 0.6) is 0 Å². The topological polar surface area (TPSA) is 38.3 Å². The van der Waals surface area contributed by atoms with Crippen LogP contribution in [0, 0.1) is 0 Å². The molecule has 0 heterocycles. The summed E-state index contributed by atoms with van der Waals surface area (Å²) in [5.41, 5.74) is -0.740. The first-order valence-corrected chi connectivity index (χ1v) is 4.32. The summed E-state index contributed by atoms with van der Waals surface area (Å²) in [6, 6.07) is 0. The van der Waals surface area contributed by atoms with Gasteiger partial charge in [-0.3, -0.25) is 4.79 Å². The van der Waals surface area contributed by atoms with Crippen molar-refractivity contribution in [1.82, 2.24) is 5.32 Å². The van der Waals surface area contributed by atoms with E-state index in [1.807, 2.05) is 20.8 Å². The molecule has 1 aliphatic carbocycles. The molecule has 70 valence electrons. The first-order chi connectivity index (χ1) is 5.40. The lowest BCUT2D eigenvalue weighted by Crippen LogP contribution is -2.41. The summed E-state index contributed by atoms with van der Waals surface area (Å²) >= 11 is 0. The molecule has 1 fully saturated rings. The summed E-state index contributed by atoms with van der Waals surface area (Å²) < 4.78 is 5.68. The lowest BCUT2D eigenvalue weighted by molar-refractivity contribution is -0.146. The van der Waals surface area contributed by atoms with Gasteiger partial charge in [0, 0.05) is 7.05 Å². The number of hydrogen-bond donors (Lipinski definition) is 1. The highest BCUT2D eigenvalue weighted by molar-refractivity contribution is 5.87. The van der Waals surface area contributed by atoms with Crippen molar-refractivity contribution in [3.8, 4) is 0 Å². The Hall–Kier alpha value is -0.570. The molecular formula is C9H17NO2. The minimum Gasteiger partial charge on any atom is -0.360 e. The van der Waals surface area contributed by atoms with Crippen LogP contribution < -0.4 is 5.32 Å². The molecule has 0 radical (unpaired) electrons. The monoisotopic (exact) mass is 171 g/mol. The zero-order chi connectivity index (χ0) is 9.41. The van der Waals surface area contributed by atoms with Crippen molar-refractivity contribution in [2.24, 2.45) is 0 Å². The molecule has 3 heteroatoms. The van der Waals surface area contributed by atoms with E-state index in [-0.39, 0.29) is 11.5 Å². The van der Waals surface area contributed by atoms with Gasteiger partial charge in [-0.2, -0.15) is 0 Å². The van der Waals surface area contributed by atoms with Crippen molar-refractivity contribution in [2.75, 3.05) is 7.05 Å². The number of amides is 1. The van der Waals surface area contributed by atoms with Crippen molar-refractivity contribution in [1.29, 1.82) is 0 Å². The first kappa shape index (κ1) is 9.52. The number of ether oxygens (including phenoxy) is 1. The van der Waals surface area contributed by atoms with Crippen LogP contribution in [0.4, 0.5) is 0 Å². The molecule has 0 aromatic heterocycles. The van der Waals surface area contributed by atoms with E-state index in [1.165, 1.54) is 0 Å². The Kier molecular flexibility index (Phi) is 2.17. The van der Waals surface area contributed by atoms with Crippen LogP contribution in [-0.4, -0.2) is 24.2 Å². The van der Waals surface area contributed by atoms with E-state index in [0.29, 0.717) is 0 Å². The number of carbonyl (C=O) groups is 1. The molecule has 0 bridgehead atoms. The Morgan fingerprint density at radius 2 is 1.92 bits per heavy atom. The summed E-state index contributed by atoms with van der Waals surface area (Å²) in [5, 5.41) is 2.63. The minimum absolute atomic E-state index is 0.0115. The van der Waals surface area contributed by atoms with E-state index < -0.39 is 5.60 Å². The van der Waals surface area contributed by atoms with E-state index in [0.717, 1.165) is 12.8 Å². The van der Waals surface area contributed by atoms with Crippen molar-refractivity contribution < 1.29 is 9.53 Å². The van der Waals surface area contributed by atoms with Crippen LogP contribution in [0.15, 0.2) is 0 Å². The van der Waals surface area contributed by atoms with Crippen molar-refractivity contribution in [3.63, 3.8) is 0 Å². The van der Waals surface area contributed by atoms with Gasteiger partial charge in [0.25, 0.3) is 5.91 Å². The fourth-order valence-corrected chi connectivity index (χ4v) is 1.30. The summed E-state index contributed by atoms with van der Waals surface area (Å²) in [6.45, 7) is 5.90. The van der Waals surface area contributed by atoms with Crippen LogP contribution in [0.25, 0.3) is 0 Å². The van der Waals surface area contributed by atoms with Gasteiger partial charge in [0.1, 0.15) is 5.60 Å². The van der Waals surface area contributed by atoms with Gasteiger partial charge in [-0.1, -0.05) is 0 Å². The molecule has 12 heavy (non-hydrogen) atoms. The van der Waals surface area contributed by atoms with E-state index >= 15 is 0 Å². The molecule has 0 aromatic rings. The molecule has 3 nitrogen and oxygen atoms in total. The quantitative estimate of drug-likeness (QED) is 0.675. The number of hydrogen-bond acceptors (Lipinski definition) is 2. The Labute approximate surface area is 73.5 Å². The molecule has 0 aromatic carbocycles. The second-order valence-electron chi connectivity index (χ2n) is 4.29. The van der Waals surface area contributed by atoms with E-state index in [1.54, 1.807) is 7.05 Å². The molecule has 1 amide bonds. The molecule has 0 atom stereocenters. The number of rotatable bonds is 2. The zero-order valence-corrected chi connectivity index (χ0v) is 8.23. The normalized spacial score (nSPS) is 20.3. The Balaban J connectivity index is 2.56. The summed E-state index contributed by atoms with van der Waals surface area (Å²) in [4.78, 5) is 11.3. The maximum Gasteiger partial charge on any atom is 0.252 e. The fourth-order valence-electron chi connectivity index (χ4n) is 1.30. The maximum absolute atomic E-state index is 11.3. The summed E-state index contributed by atoms with van der Waals surface area (Å²) in [5.74, 6) is 0.0115. The number of carbonyl (C=O) groups excluding carboxylic acids is 1. The lowest BCUT2D eigenvalue weighted by Gasteiger charge is -2.26. The van der Waals surface area contributed by atoms with E-state index in [4.69, 9.17) is 4.74 Å². The van der Waals surface area contributed by atoms with Gasteiger partial charge in [0.2, 0.25) is 0 Å². The first-order valence-electron chi connectivity index (χ1n) is 4.32. The van der Waals surface area contributed by atoms with Crippen LogP contribution >= 0.6 is 0 Å². The highest BCUT2D eigenvalue weighted by Crippen LogP contribution is 2.42. The molecule has 0 aliphatic heterocycles. The van der Waals surface area contributed by atoms with Gasteiger partial charge >= 0.3 is 0 Å². The predicted octanol–water partition coefficient (Wildman–Crippen LogP) is 1.08. The van der Waals surface area contributed by atoms with E-state index in [2.05, 4.69) is 5.32 Å². The Morgan fingerprint density at radius 3 is 2.17 bits per heavy atom. The third-order valence-electron chi connectivity index (χ3n) is 1.85. The third kappa shape index (κ3) is 1.97. The predicted molar refractivity (Wildman–Crippen MR) is 46.9 cm³/mol. The van der Waals surface area contributed by atoms with Gasteiger partial charge in [-0.05, 0) is 33.6 Å². The third-order valence-corrected chi connectivity index (χ3v) is 1.85. The van der Waals surface area contributed by atoms with Gasteiger partial charge in [0.15, 0.2) is 0 Å². The second-order valence-corrected chi connectivity index (χ2v) is 4.29.